The third-order valence-corrected chi connectivity index (χ3v) is 4.80. The van der Waals surface area contributed by atoms with Gasteiger partial charge in [-0.1, -0.05) is 12.1 Å². The average Bonchev–Trinajstić information content (AvgIpc) is 3.17. The molecule has 2 aliphatic heterocycles. The Hall–Kier alpha value is -0.930. The monoisotopic (exact) mass is 477 g/mol. The van der Waals surface area contributed by atoms with Gasteiger partial charge in [0.05, 0.1) is 12.7 Å². The van der Waals surface area contributed by atoms with Crippen LogP contribution in [0, 0.1) is 5.82 Å². The van der Waals surface area contributed by atoms with Crippen molar-refractivity contribution in [3.63, 3.8) is 0 Å². The molecule has 0 aliphatic carbocycles. The number of hydrogen-bond acceptors (Lipinski definition) is 3. The number of morpholine rings is 1. The van der Waals surface area contributed by atoms with E-state index in [9.17, 15) is 4.39 Å². The number of halogens is 2. The van der Waals surface area contributed by atoms with Gasteiger partial charge in [0.2, 0.25) is 0 Å². The van der Waals surface area contributed by atoms with Crippen molar-refractivity contribution < 1.29 is 13.9 Å². The number of aryl methyl sites for hydroxylation is 1. The Bertz CT molecular complexity index is 582. The first-order chi connectivity index (χ1) is 12.3. The molecule has 7 heteroatoms. The van der Waals surface area contributed by atoms with Crippen molar-refractivity contribution in [2.24, 2.45) is 4.99 Å². The van der Waals surface area contributed by atoms with Gasteiger partial charge < -0.3 is 19.7 Å². The molecular formula is C19H29FIN3O2. The van der Waals surface area contributed by atoms with Crippen molar-refractivity contribution in [1.82, 2.24) is 10.2 Å². The Kier molecular flexibility index (Phi) is 9.07. The lowest BCUT2D eigenvalue weighted by Gasteiger charge is -2.37. The standard InChI is InChI=1S/C19H28FN3O2.HI/c1-21-19(22-9-3-6-15-5-2-7-16(20)13-15)23-10-12-25-18(14-23)17-8-4-11-24-17;/h2,5,7,13,17-18H,3-4,6,8-12,14H2,1H3,(H,21,22);1H. The maximum absolute atomic E-state index is 13.2. The number of nitrogens with one attached hydrogen (secondary N) is 1. The molecule has 0 saturated carbocycles. The Morgan fingerprint density at radius 2 is 2.15 bits per heavy atom. The van der Waals surface area contributed by atoms with Gasteiger partial charge in [-0.05, 0) is 43.4 Å². The molecule has 0 amide bonds. The fraction of sp³-hybridized carbons (Fsp3) is 0.632. The van der Waals surface area contributed by atoms with E-state index in [0.717, 1.165) is 63.4 Å². The van der Waals surface area contributed by atoms with Crippen LogP contribution in [0.3, 0.4) is 0 Å². The summed E-state index contributed by atoms with van der Waals surface area (Å²) < 4.78 is 24.9. The van der Waals surface area contributed by atoms with Crippen LogP contribution in [0.2, 0.25) is 0 Å². The zero-order valence-electron chi connectivity index (χ0n) is 15.3. The molecule has 5 nitrogen and oxygen atoms in total. The minimum atomic E-state index is -0.172. The van der Waals surface area contributed by atoms with Gasteiger partial charge in [-0.25, -0.2) is 4.39 Å². The van der Waals surface area contributed by atoms with Crippen LogP contribution in [-0.2, 0) is 15.9 Å². The van der Waals surface area contributed by atoms with E-state index in [2.05, 4.69) is 15.2 Å². The zero-order valence-corrected chi connectivity index (χ0v) is 17.7. The first kappa shape index (κ1) is 21.4. The number of hydrogen-bond donors (Lipinski definition) is 1. The molecule has 2 unspecified atom stereocenters. The molecule has 2 atom stereocenters. The summed E-state index contributed by atoms with van der Waals surface area (Å²) in [5.74, 6) is 0.736. The second kappa shape index (κ2) is 11.0. The Morgan fingerprint density at radius 1 is 1.31 bits per heavy atom. The molecule has 0 spiro atoms. The molecular weight excluding hydrogens is 448 g/mol. The highest BCUT2D eigenvalue weighted by molar-refractivity contribution is 14.0. The smallest absolute Gasteiger partial charge is 0.193 e. The molecule has 1 N–H and O–H groups in total. The maximum Gasteiger partial charge on any atom is 0.193 e. The summed E-state index contributed by atoms with van der Waals surface area (Å²) in [7, 11) is 1.81. The van der Waals surface area contributed by atoms with Crippen molar-refractivity contribution in [3.8, 4) is 0 Å². The van der Waals surface area contributed by atoms with Gasteiger partial charge in [0, 0.05) is 33.3 Å². The van der Waals surface area contributed by atoms with Crippen LogP contribution in [0.15, 0.2) is 29.3 Å². The lowest BCUT2D eigenvalue weighted by Crippen LogP contribution is -2.53. The quantitative estimate of drug-likeness (QED) is 0.307. The molecule has 1 aromatic carbocycles. The molecule has 146 valence electrons. The molecule has 0 aromatic heterocycles. The van der Waals surface area contributed by atoms with E-state index in [4.69, 9.17) is 9.47 Å². The lowest BCUT2D eigenvalue weighted by molar-refractivity contribution is -0.0816. The predicted octanol–water partition coefficient (Wildman–Crippen LogP) is 2.83. The number of benzene rings is 1. The van der Waals surface area contributed by atoms with Crippen LogP contribution in [-0.4, -0.2) is 63.0 Å². The van der Waals surface area contributed by atoms with Gasteiger partial charge in [0.1, 0.15) is 11.9 Å². The van der Waals surface area contributed by atoms with E-state index in [-0.39, 0.29) is 42.0 Å². The second-order valence-electron chi connectivity index (χ2n) is 6.61. The summed E-state index contributed by atoms with van der Waals surface area (Å²) >= 11 is 0. The summed E-state index contributed by atoms with van der Waals surface area (Å²) in [6.45, 7) is 4.01. The van der Waals surface area contributed by atoms with Crippen LogP contribution in [0.4, 0.5) is 4.39 Å². The predicted molar refractivity (Wildman–Crippen MR) is 112 cm³/mol. The van der Waals surface area contributed by atoms with Crippen LogP contribution in [0.1, 0.15) is 24.8 Å². The van der Waals surface area contributed by atoms with Gasteiger partial charge in [-0.2, -0.15) is 0 Å². The summed E-state index contributed by atoms with van der Waals surface area (Å²) in [4.78, 5) is 6.65. The van der Waals surface area contributed by atoms with E-state index in [1.165, 1.54) is 6.07 Å². The second-order valence-corrected chi connectivity index (χ2v) is 6.61. The molecule has 0 radical (unpaired) electrons. The van der Waals surface area contributed by atoms with Crippen LogP contribution < -0.4 is 5.32 Å². The molecule has 2 saturated heterocycles. The topological polar surface area (TPSA) is 46.1 Å². The summed E-state index contributed by atoms with van der Waals surface area (Å²) in [6, 6.07) is 6.80. The Morgan fingerprint density at radius 3 is 2.88 bits per heavy atom. The van der Waals surface area contributed by atoms with Crippen molar-refractivity contribution in [1.29, 1.82) is 0 Å². The molecule has 1 aromatic rings. The van der Waals surface area contributed by atoms with Gasteiger partial charge in [-0.3, -0.25) is 4.99 Å². The van der Waals surface area contributed by atoms with Gasteiger partial charge in [0.25, 0.3) is 0 Å². The number of guanidine groups is 1. The van der Waals surface area contributed by atoms with Crippen molar-refractivity contribution in [2.45, 2.75) is 37.9 Å². The van der Waals surface area contributed by atoms with Crippen LogP contribution in [0.5, 0.6) is 0 Å². The minimum absolute atomic E-state index is 0. The number of aliphatic imine (C=N–C) groups is 1. The lowest BCUT2D eigenvalue weighted by atomic mass is 10.1. The highest BCUT2D eigenvalue weighted by Crippen LogP contribution is 2.21. The molecule has 2 fully saturated rings. The SMILES string of the molecule is CN=C(NCCCc1cccc(F)c1)N1CCOC(C2CCCO2)C1.I. The average molecular weight is 477 g/mol. The van der Waals surface area contributed by atoms with Gasteiger partial charge >= 0.3 is 0 Å². The molecule has 26 heavy (non-hydrogen) atoms. The van der Waals surface area contributed by atoms with Crippen LogP contribution >= 0.6 is 24.0 Å². The molecule has 2 heterocycles. The van der Waals surface area contributed by atoms with Crippen molar-refractivity contribution >= 4 is 29.9 Å². The van der Waals surface area contributed by atoms with E-state index in [0.29, 0.717) is 6.61 Å². The van der Waals surface area contributed by atoms with Crippen LogP contribution in [0.25, 0.3) is 0 Å². The third kappa shape index (κ3) is 6.06. The third-order valence-electron chi connectivity index (χ3n) is 4.80. The minimum Gasteiger partial charge on any atom is -0.375 e. The highest BCUT2D eigenvalue weighted by atomic mass is 127. The molecule has 0 bridgehead atoms. The molecule has 3 rings (SSSR count). The highest BCUT2D eigenvalue weighted by Gasteiger charge is 2.32. The number of nitrogens with zero attached hydrogens (tertiary/aromatic N) is 2. The first-order valence-corrected chi connectivity index (χ1v) is 9.19. The van der Waals surface area contributed by atoms with Gasteiger partial charge in [0.15, 0.2) is 5.96 Å². The number of ether oxygens (including phenoxy) is 2. The first-order valence-electron chi connectivity index (χ1n) is 9.19. The van der Waals surface area contributed by atoms with E-state index < -0.39 is 0 Å². The molecule has 2 aliphatic rings. The van der Waals surface area contributed by atoms with Crippen molar-refractivity contribution in [3.05, 3.63) is 35.6 Å². The van der Waals surface area contributed by atoms with E-state index >= 15 is 0 Å². The zero-order chi connectivity index (χ0) is 17.5. The summed E-state index contributed by atoms with van der Waals surface area (Å²) in [5.41, 5.74) is 1.03. The van der Waals surface area contributed by atoms with E-state index in [1.807, 2.05) is 13.1 Å². The Balaban J connectivity index is 0.00000243. The summed E-state index contributed by atoms with van der Waals surface area (Å²) in [5, 5.41) is 3.42. The Labute approximate surface area is 172 Å². The normalized spacial score (nSPS) is 23.6. The fourth-order valence-electron chi connectivity index (χ4n) is 3.51. The summed E-state index contributed by atoms with van der Waals surface area (Å²) in [6.07, 6.45) is 4.33. The van der Waals surface area contributed by atoms with Crippen molar-refractivity contribution in [2.75, 3.05) is 39.9 Å². The maximum atomic E-state index is 13.2. The van der Waals surface area contributed by atoms with E-state index in [1.54, 1.807) is 12.1 Å². The fourth-order valence-corrected chi connectivity index (χ4v) is 3.51. The largest absolute Gasteiger partial charge is 0.375 e. The van der Waals surface area contributed by atoms with Gasteiger partial charge in [-0.15, -0.1) is 24.0 Å². The number of rotatable bonds is 5.